The molecule has 2 aromatic carbocycles. The van der Waals surface area contributed by atoms with Gasteiger partial charge in [-0.05, 0) is 42.0 Å². The van der Waals surface area contributed by atoms with Crippen LogP contribution in [0, 0.1) is 0 Å². The van der Waals surface area contributed by atoms with Crippen LogP contribution in [-0.4, -0.2) is 13.1 Å². The highest BCUT2D eigenvalue weighted by Gasteiger charge is 2.04. The highest BCUT2D eigenvalue weighted by Crippen LogP contribution is 2.16. The molecular weight excluding hydrogens is 308 g/mol. The number of methoxy groups -OCH3 is 1. The third kappa shape index (κ3) is 3.83. The smallest absolute Gasteiger partial charge is 0.337 e. The maximum atomic E-state index is 11.3. The quantitative estimate of drug-likeness (QED) is 0.803. The molecule has 0 atom stereocenters. The zero-order valence-electron chi connectivity index (χ0n) is 10.4. The van der Waals surface area contributed by atoms with E-state index in [4.69, 9.17) is 4.74 Å². The molecule has 0 spiro atoms. The second kappa shape index (κ2) is 6.38. The second-order valence-electron chi connectivity index (χ2n) is 3.93. The zero-order valence-corrected chi connectivity index (χ0v) is 12.0. The minimum Gasteiger partial charge on any atom is -0.489 e. The summed E-state index contributed by atoms with van der Waals surface area (Å²) in [5.41, 5.74) is 1.60. The molecule has 0 unspecified atom stereocenters. The Bertz CT molecular complexity index is 547. The molecule has 0 saturated carbocycles. The van der Waals surface area contributed by atoms with Crippen LogP contribution in [0.25, 0.3) is 0 Å². The van der Waals surface area contributed by atoms with Gasteiger partial charge >= 0.3 is 5.97 Å². The summed E-state index contributed by atoms with van der Waals surface area (Å²) >= 11 is 3.39. The van der Waals surface area contributed by atoms with E-state index in [1.165, 1.54) is 7.11 Å². The normalized spacial score (nSPS) is 10.0. The molecule has 98 valence electrons. The van der Waals surface area contributed by atoms with Crippen LogP contribution < -0.4 is 4.74 Å². The van der Waals surface area contributed by atoms with Crippen LogP contribution in [0.5, 0.6) is 5.75 Å². The molecule has 0 aliphatic carbocycles. The standard InChI is InChI=1S/C15H13BrO3/c1-18-15(17)12-4-8-14(9-5-12)19-10-11-2-6-13(16)7-3-11/h2-9H,10H2,1H3. The lowest BCUT2D eigenvalue weighted by molar-refractivity contribution is 0.0600. The molecule has 0 aromatic heterocycles. The summed E-state index contributed by atoms with van der Waals surface area (Å²) in [6.07, 6.45) is 0. The molecule has 0 fully saturated rings. The summed E-state index contributed by atoms with van der Waals surface area (Å²) in [4.78, 5) is 11.3. The van der Waals surface area contributed by atoms with Crippen molar-refractivity contribution in [2.75, 3.05) is 7.11 Å². The molecule has 0 bridgehead atoms. The van der Waals surface area contributed by atoms with E-state index < -0.39 is 0 Å². The van der Waals surface area contributed by atoms with Crippen molar-refractivity contribution in [2.45, 2.75) is 6.61 Å². The molecule has 0 heterocycles. The summed E-state index contributed by atoms with van der Waals surface area (Å²) in [7, 11) is 1.36. The van der Waals surface area contributed by atoms with Crippen molar-refractivity contribution in [3.8, 4) is 5.75 Å². The van der Waals surface area contributed by atoms with Crippen LogP contribution in [0.1, 0.15) is 15.9 Å². The molecule has 0 aliphatic heterocycles. The number of hydrogen-bond donors (Lipinski definition) is 0. The van der Waals surface area contributed by atoms with Gasteiger partial charge in [0, 0.05) is 4.47 Å². The lowest BCUT2D eigenvalue weighted by atomic mass is 10.2. The van der Waals surface area contributed by atoms with E-state index in [0.717, 1.165) is 15.8 Å². The fourth-order valence-corrected chi connectivity index (χ4v) is 1.82. The molecule has 0 N–H and O–H groups in total. The molecule has 3 nitrogen and oxygen atoms in total. The predicted molar refractivity (Wildman–Crippen MR) is 76.3 cm³/mol. The minimum atomic E-state index is -0.348. The maximum absolute atomic E-state index is 11.3. The van der Waals surface area contributed by atoms with Crippen LogP contribution in [0.15, 0.2) is 53.0 Å². The molecular formula is C15H13BrO3. The van der Waals surface area contributed by atoms with Crippen LogP contribution in [-0.2, 0) is 11.3 Å². The van der Waals surface area contributed by atoms with Crippen molar-refractivity contribution in [1.82, 2.24) is 0 Å². The van der Waals surface area contributed by atoms with E-state index >= 15 is 0 Å². The molecule has 0 aliphatic rings. The van der Waals surface area contributed by atoms with Gasteiger partial charge in [-0.1, -0.05) is 28.1 Å². The van der Waals surface area contributed by atoms with Gasteiger partial charge in [0.25, 0.3) is 0 Å². The summed E-state index contributed by atoms with van der Waals surface area (Å²) in [5, 5.41) is 0. The topological polar surface area (TPSA) is 35.5 Å². The van der Waals surface area contributed by atoms with Gasteiger partial charge in [-0.15, -0.1) is 0 Å². The van der Waals surface area contributed by atoms with Crippen molar-refractivity contribution >= 4 is 21.9 Å². The van der Waals surface area contributed by atoms with Gasteiger partial charge in [0.1, 0.15) is 12.4 Å². The number of carbonyl (C=O) groups is 1. The monoisotopic (exact) mass is 320 g/mol. The fraction of sp³-hybridized carbons (Fsp3) is 0.133. The summed E-state index contributed by atoms with van der Waals surface area (Å²) in [5.74, 6) is 0.370. The summed E-state index contributed by atoms with van der Waals surface area (Å²) in [6, 6.07) is 14.8. The van der Waals surface area contributed by atoms with E-state index in [-0.39, 0.29) is 5.97 Å². The maximum Gasteiger partial charge on any atom is 0.337 e. The van der Waals surface area contributed by atoms with Gasteiger partial charge in [0.05, 0.1) is 12.7 Å². The van der Waals surface area contributed by atoms with Crippen molar-refractivity contribution in [3.05, 3.63) is 64.1 Å². The Morgan fingerprint density at radius 3 is 2.26 bits per heavy atom. The number of carbonyl (C=O) groups excluding carboxylic acids is 1. The highest BCUT2D eigenvalue weighted by atomic mass is 79.9. The van der Waals surface area contributed by atoms with Gasteiger partial charge in [-0.25, -0.2) is 4.79 Å². The molecule has 0 saturated heterocycles. The van der Waals surface area contributed by atoms with Crippen LogP contribution in [0.4, 0.5) is 0 Å². The first-order chi connectivity index (χ1) is 9.19. The van der Waals surface area contributed by atoms with E-state index in [9.17, 15) is 4.79 Å². The first-order valence-electron chi connectivity index (χ1n) is 5.74. The lowest BCUT2D eigenvalue weighted by Gasteiger charge is -2.07. The third-order valence-corrected chi connectivity index (χ3v) is 3.12. The zero-order chi connectivity index (χ0) is 13.7. The van der Waals surface area contributed by atoms with Gasteiger partial charge in [0.2, 0.25) is 0 Å². The minimum absolute atomic E-state index is 0.348. The Balaban J connectivity index is 1.96. The molecule has 2 aromatic rings. The molecule has 19 heavy (non-hydrogen) atoms. The Kier molecular flexibility index (Phi) is 4.58. The van der Waals surface area contributed by atoms with Crippen LogP contribution in [0.2, 0.25) is 0 Å². The summed E-state index contributed by atoms with van der Waals surface area (Å²) < 4.78 is 11.3. The molecule has 4 heteroatoms. The Labute approximate surface area is 120 Å². The number of hydrogen-bond acceptors (Lipinski definition) is 3. The molecule has 2 rings (SSSR count). The SMILES string of the molecule is COC(=O)c1ccc(OCc2ccc(Br)cc2)cc1. The Morgan fingerprint density at radius 1 is 1.05 bits per heavy atom. The first-order valence-corrected chi connectivity index (χ1v) is 6.54. The number of ether oxygens (including phenoxy) is 2. The fourth-order valence-electron chi connectivity index (χ4n) is 1.55. The second-order valence-corrected chi connectivity index (χ2v) is 4.85. The van der Waals surface area contributed by atoms with E-state index in [2.05, 4.69) is 20.7 Å². The van der Waals surface area contributed by atoms with Crippen molar-refractivity contribution in [1.29, 1.82) is 0 Å². The van der Waals surface area contributed by atoms with Crippen molar-refractivity contribution in [2.24, 2.45) is 0 Å². The first kappa shape index (κ1) is 13.6. The van der Waals surface area contributed by atoms with Crippen molar-refractivity contribution < 1.29 is 14.3 Å². The van der Waals surface area contributed by atoms with E-state index in [1.54, 1.807) is 24.3 Å². The lowest BCUT2D eigenvalue weighted by Crippen LogP contribution is -2.01. The van der Waals surface area contributed by atoms with Gasteiger partial charge in [-0.3, -0.25) is 0 Å². The Morgan fingerprint density at radius 2 is 1.68 bits per heavy atom. The Hall–Kier alpha value is -1.81. The molecule has 0 amide bonds. The number of benzene rings is 2. The average Bonchev–Trinajstić information content (AvgIpc) is 2.46. The average molecular weight is 321 g/mol. The summed E-state index contributed by atoms with van der Waals surface area (Å²) in [6.45, 7) is 0.491. The van der Waals surface area contributed by atoms with E-state index in [1.807, 2.05) is 24.3 Å². The van der Waals surface area contributed by atoms with E-state index in [0.29, 0.717) is 12.2 Å². The van der Waals surface area contributed by atoms with Gasteiger partial charge in [-0.2, -0.15) is 0 Å². The number of halogens is 1. The van der Waals surface area contributed by atoms with Gasteiger partial charge in [0.15, 0.2) is 0 Å². The predicted octanol–water partition coefficient (Wildman–Crippen LogP) is 3.81. The molecule has 0 radical (unpaired) electrons. The largest absolute Gasteiger partial charge is 0.489 e. The van der Waals surface area contributed by atoms with Gasteiger partial charge < -0.3 is 9.47 Å². The van der Waals surface area contributed by atoms with Crippen molar-refractivity contribution in [3.63, 3.8) is 0 Å². The third-order valence-electron chi connectivity index (χ3n) is 2.59. The number of rotatable bonds is 4. The van der Waals surface area contributed by atoms with Crippen LogP contribution in [0.3, 0.4) is 0 Å². The van der Waals surface area contributed by atoms with Crippen LogP contribution >= 0.6 is 15.9 Å². The number of esters is 1. The highest BCUT2D eigenvalue weighted by molar-refractivity contribution is 9.10.